The van der Waals surface area contributed by atoms with Gasteiger partial charge in [-0.15, -0.1) is 0 Å². The van der Waals surface area contributed by atoms with Crippen LogP contribution in [0.4, 0.5) is 0 Å². The predicted molar refractivity (Wildman–Crippen MR) is 79.0 cm³/mol. The van der Waals surface area contributed by atoms with Crippen molar-refractivity contribution in [1.29, 1.82) is 0 Å². The molecule has 5 heteroatoms. The number of aromatic nitrogens is 2. The van der Waals surface area contributed by atoms with Gasteiger partial charge in [-0.05, 0) is 51.2 Å². The predicted octanol–water partition coefficient (Wildman–Crippen LogP) is 2.91. The molecule has 1 aromatic heterocycles. The number of rotatable bonds is 4. The third-order valence-electron chi connectivity index (χ3n) is 4.10. The Kier molecular flexibility index (Phi) is 3.45. The Balaban J connectivity index is 1.71. The molecule has 0 unspecified atom stereocenters. The first-order valence-corrected chi connectivity index (χ1v) is 7.30. The van der Waals surface area contributed by atoms with E-state index in [0.29, 0.717) is 11.7 Å². The third-order valence-corrected chi connectivity index (χ3v) is 4.10. The summed E-state index contributed by atoms with van der Waals surface area (Å²) in [6.07, 6.45) is 2.96. The van der Waals surface area contributed by atoms with Gasteiger partial charge in [-0.1, -0.05) is 22.9 Å². The summed E-state index contributed by atoms with van der Waals surface area (Å²) in [5.74, 6) is 1.96. The van der Waals surface area contributed by atoms with Gasteiger partial charge in [0.15, 0.2) is 12.4 Å². The number of nitrogens with zero attached hydrogens (tertiary/aromatic N) is 2. The maximum atomic E-state index is 6.18. The maximum Gasteiger partial charge on any atom is 0.264 e. The number of aryl methyl sites for hydroxylation is 3. The minimum absolute atomic E-state index is 0.272. The summed E-state index contributed by atoms with van der Waals surface area (Å²) in [6.45, 7) is 6.43. The molecule has 0 aliphatic heterocycles. The molecule has 2 N–H and O–H groups in total. The number of hydrogen-bond acceptors (Lipinski definition) is 5. The Morgan fingerprint density at radius 1 is 1.24 bits per heavy atom. The van der Waals surface area contributed by atoms with Crippen molar-refractivity contribution in [2.24, 2.45) is 5.73 Å². The van der Waals surface area contributed by atoms with Crippen LogP contribution in [0.5, 0.6) is 5.75 Å². The van der Waals surface area contributed by atoms with E-state index in [2.05, 4.69) is 29.2 Å². The quantitative estimate of drug-likeness (QED) is 0.935. The van der Waals surface area contributed by atoms with Crippen molar-refractivity contribution in [2.45, 2.75) is 52.2 Å². The molecule has 112 valence electrons. The zero-order valence-corrected chi connectivity index (χ0v) is 12.8. The van der Waals surface area contributed by atoms with Crippen LogP contribution < -0.4 is 10.5 Å². The largest absolute Gasteiger partial charge is 0.483 e. The van der Waals surface area contributed by atoms with Crippen LogP contribution in [-0.4, -0.2) is 10.1 Å². The Hall–Kier alpha value is -1.88. The van der Waals surface area contributed by atoms with Crippen LogP contribution in [0.1, 0.15) is 47.7 Å². The molecule has 0 saturated heterocycles. The van der Waals surface area contributed by atoms with Crippen LogP contribution in [0.15, 0.2) is 16.7 Å². The van der Waals surface area contributed by atoms with Crippen LogP contribution in [0, 0.1) is 20.8 Å². The van der Waals surface area contributed by atoms with Gasteiger partial charge in [-0.3, -0.25) is 0 Å². The highest BCUT2D eigenvalue weighted by Crippen LogP contribution is 2.37. The van der Waals surface area contributed by atoms with Crippen LogP contribution >= 0.6 is 0 Å². The average molecular weight is 287 g/mol. The van der Waals surface area contributed by atoms with Gasteiger partial charge in [-0.25, -0.2) is 0 Å². The molecule has 1 aliphatic rings. The van der Waals surface area contributed by atoms with E-state index in [4.69, 9.17) is 15.0 Å². The Labute approximate surface area is 124 Å². The van der Waals surface area contributed by atoms with E-state index in [-0.39, 0.29) is 6.61 Å². The lowest BCUT2D eigenvalue weighted by Gasteiger charge is -2.34. The molecular weight excluding hydrogens is 266 g/mol. The summed E-state index contributed by atoms with van der Waals surface area (Å²) in [7, 11) is 0. The van der Waals surface area contributed by atoms with Gasteiger partial charge >= 0.3 is 0 Å². The van der Waals surface area contributed by atoms with Crippen LogP contribution in [-0.2, 0) is 12.1 Å². The van der Waals surface area contributed by atoms with Crippen molar-refractivity contribution < 1.29 is 9.26 Å². The molecule has 0 spiro atoms. The molecule has 0 radical (unpaired) electrons. The first-order chi connectivity index (χ1) is 9.98. The Morgan fingerprint density at radius 2 is 1.90 bits per heavy atom. The van der Waals surface area contributed by atoms with Gasteiger partial charge in [-0.2, -0.15) is 4.98 Å². The zero-order chi connectivity index (χ0) is 15.0. The van der Waals surface area contributed by atoms with Gasteiger partial charge in [0.05, 0.1) is 5.54 Å². The smallest absolute Gasteiger partial charge is 0.264 e. The molecule has 0 atom stereocenters. The lowest BCUT2D eigenvalue weighted by molar-refractivity contribution is 0.222. The molecule has 1 heterocycles. The first-order valence-electron chi connectivity index (χ1n) is 7.30. The second-order valence-electron chi connectivity index (χ2n) is 6.04. The van der Waals surface area contributed by atoms with Crippen LogP contribution in [0.3, 0.4) is 0 Å². The van der Waals surface area contributed by atoms with Crippen molar-refractivity contribution in [2.75, 3.05) is 0 Å². The van der Waals surface area contributed by atoms with Crippen molar-refractivity contribution in [3.63, 3.8) is 0 Å². The normalized spacial score (nSPS) is 16.6. The van der Waals surface area contributed by atoms with Gasteiger partial charge in [0.2, 0.25) is 0 Å². The van der Waals surface area contributed by atoms with E-state index in [1.165, 1.54) is 5.56 Å². The van der Waals surface area contributed by atoms with E-state index in [9.17, 15) is 0 Å². The fourth-order valence-corrected chi connectivity index (χ4v) is 2.83. The summed E-state index contributed by atoms with van der Waals surface area (Å²) < 4.78 is 11.1. The number of nitrogens with two attached hydrogens (primary N) is 1. The summed E-state index contributed by atoms with van der Waals surface area (Å²) in [6, 6.07) is 4.20. The molecule has 0 bridgehead atoms. The van der Waals surface area contributed by atoms with Crippen LogP contribution in [0.25, 0.3) is 0 Å². The monoisotopic (exact) mass is 287 g/mol. The number of hydrogen-bond donors (Lipinski definition) is 1. The highest BCUT2D eigenvalue weighted by atomic mass is 16.5. The fraction of sp³-hybridized carbons (Fsp3) is 0.500. The molecular formula is C16H21N3O2. The second kappa shape index (κ2) is 5.15. The third kappa shape index (κ3) is 2.65. The Bertz CT molecular complexity index is 636. The fourth-order valence-electron chi connectivity index (χ4n) is 2.83. The molecule has 1 fully saturated rings. The zero-order valence-electron chi connectivity index (χ0n) is 12.8. The lowest BCUT2D eigenvalue weighted by Crippen LogP contribution is -2.44. The summed E-state index contributed by atoms with van der Waals surface area (Å²) in [4.78, 5) is 4.37. The van der Waals surface area contributed by atoms with Crippen LogP contribution in [0.2, 0.25) is 0 Å². The second-order valence-corrected chi connectivity index (χ2v) is 6.04. The first kappa shape index (κ1) is 14.1. The standard InChI is InChI=1S/C16H21N3O2/c1-10-7-11(2)14(12(3)8-10)20-9-13-18-15(19-21-13)16(17)5-4-6-16/h7-8H,4-6,9,17H2,1-3H3. The van der Waals surface area contributed by atoms with Crippen molar-refractivity contribution in [1.82, 2.24) is 10.1 Å². The lowest BCUT2D eigenvalue weighted by atomic mass is 9.77. The Morgan fingerprint density at radius 3 is 2.48 bits per heavy atom. The van der Waals surface area contributed by atoms with Crippen molar-refractivity contribution in [3.8, 4) is 5.75 Å². The summed E-state index contributed by atoms with van der Waals surface area (Å²) >= 11 is 0. The van der Waals surface area contributed by atoms with E-state index >= 15 is 0 Å². The highest BCUT2D eigenvalue weighted by molar-refractivity contribution is 5.42. The SMILES string of the molecule is Cc1cc(C)c(OCc2nc(C3(N)CCC3)no2)c(C)c1. The van der Waals surface area contributed by atoms with E-state index in [0.717, 1.165) is 36.1 Å². The average Bonchev–Trinajstić information content (AvgIpc) is 2.83. The van der Waals surface area contributed by atoms with Gasteiger partial charge < -0.3 is 15.0 Å². The number of ether oxygens (including phenoxy) is 1. The summed E-state index contributed by atoms with van der Waals surface area (Å²) in [5.41, 5.74) is 9.25. The van der Waals surface area contributed by atoms with E-state index in [1.54, 1.807) is 0 Å². The topological polar surface area (TPSA) is 74.2 Å². The molecule has 1 aliphatic carbocycles. The molecule has 3 rings (SSSR count). The summed E-state index contributed by atoms with van der Waals surface area (Å²) in [5, 5.41) is 3.99. The molecule has 21 heavy (non-hydrogen) atoms. The van der Waals surface area contributed by atoms with Gasteiger partial charge in [0, 0.05) is 0 Å². The molecule has 2 aromatic rings. The van der Waals surface area contributed by atoms with E-state index in [1.807, 2.05) is 13.8 Å². The molecule has 1 saturated carbocycles. The van der Waals surface area contributed by atoms with E-state index < -0.39 is 5.54 Å². The molecule has 1 aromatic carbocycles. The highest BCUT2D eigenvalue weighted by Gasteiger charge is 2.39. The number of benzene rings is 1. The van der Waals surface area contributed by atoms with Gasteiger partial charge in [0.1, 0.15) is 5.75 Å². The van der Waals surface area contributed by atoms with Gasteiger partial charge in [0.25, 0.3) is 5.89 Å². The van der Waals surface area contributed by atoms with Crippen molar-refractivity contribution in [3.05, 3.63) is 40.5 Å². The minimum atomic E-state index is -0.391. The maximum absolute atomic E-state index is 6.18. The van der Waals surface area contributed by atoms with Crippen molar-refractivity contribution >= 4 is 0 Å². The molecule has 0 amide bonds. The minimum Gasteiger partial charge on any atom is -0.483 e. The molecule has 5 nitrogen and oxygen atoms in total.